The van der Waals surface area contributed by atoms with E-state index in [2.05, 4.69) is 0 Å². The van der Waals surface area contributed by atoms with Crippen molar-refractivity contribution in [3.63, 3.8) is 0 Å². The zero-order valence-electron chi connectivity index (χ0n) is 15.8. The van der Waals surface area contributed by atoms with Crippen LogP contribution >= 0.6 is 0 Å². The number of aliphatic hydroxyl groups is 1. The number of aliphatic hydroxyl groups excluding tert-OH is 1. The van der Waals surface area contributed by atoms with Gasteiger partial charge in [0.25, 0.3) is 0 Å². The lowest BCUT2D eigenvalue weighted by atomic mass is 9.92. The first kappa shape index (κ1) is 19.9. The van der Waals surface area contributed by atoms with Gasteiger partial charge in [-0.1, -0.05) is 30.3 Å². The van der Waals surface area contributed by atoms with Gasteiger partial charge in [0.2, 0.25) is 0 Å². The van der Waals surface area contributed by atoms with Gasteiger partial charge >= 0.3 is 5.97 Å². The quantitative estimate of drug-likeness (QED) is 0.482. The summed E-state index contributed by atoms with van der Waals surface area (Å²) in [6.07, 6.45) is 1.06. The molecular weight excluding hydrogens is 328 g/mol. The van der Waals surface area contributed by atoms with Crippen molar-refractivity contribution in [1.29, 1.82) is 0 Å². The van der Waals surface area contributed by atoms with Crippen LogP contribution in [0.15, 0.2) is 42.5 Å². The minimum absolute atomic E-state index is 0.0307. The largest absolute Gasteiger partial charge is 0.426 e. The SMILES string of the molecule is Cc1c(C(=O)c2ccccc2)ccc(OC(=O)C(C)(C)C)c1CCCO. The van der Waals surface area contributed by atoms with Gasteiger partial charge in [-0.05, 0) is 63.8 Å². The standard InChI is InChI=1S/C22H26O4/c1-15-17(11-8-14-23)19(26-21(25)22(2,3)4)13-12-18(15)20(24)16-9-6-5-7-10-16/h5-7,9-10,12-13,23H,8,11,14H2,1-4H3. The van der Waals surface area contributed by atoms with E-state index in [4.69, 9.17) is 4.74 Å². The van der Waals surface area contributed by atoms with Crippen LogP contribution in [0.3, 0.4) is 0 Å². The van der Waals surface area contributed by atoms with Crippen molar-refractivity contribution in [2.75, 3.05) is 6.61 Å². The Morgan fingerprint density at radius 3 is 2.27 bits per heavy atom. The van der Waals surface area contributed by atoms with E-state index in [-0.39, 0.29) is 18.4 Å². The maximum absolute atomic E-state index is 12.8. The van der Waals surface area contributed by atoms with Gasteiger partial charge in [-0.25, -0.2) is 0 Å². The fourth-order valence-electron chi connectivity index (χ4n) is 2.64. The first-order valence-corrected chi connectivity index (χ1v) is 8.81. The van der Waals surface area contributed by atoms with Gasteiger partial charge in [0, 0.05) is 17.7 Å². The zero-order chi connectivity index (χ0) is 19.3. The van der Waals surface area contributed by atoms with Crippen molar-refractivity contribution < 1.29 is 19.4 Å². The molecule has 0 atom stereocenters. The third-order valence-electron chi connectivity index (χ3n) is 4.24. The minimum Gasteiger partial charge on any atom is -0.426 e. The zero-order valence-corrected chi connectivity index (χ0v) is 15.8. The van der Waals surface area contributed by atoms with Crippen LogP contribution in [0.5, 0.6) is 5.75 Å². The highest BCUT2D eigenvalue weighted by Gasteiger charge is 2.26. The summed E-state index contributed by atoms with van der Waals surface area (Å²) in [5.74, 6) is 0.0619. The summed E-state index contributed by atoms with van der Waals surface area (Å²) in [5.41, 5.74) is 2.15. The molecule has 26 heavy (non-hydrogen) atoms. The summed E-state index contributed by atoms with van der Waals surface area (Å²) in [4.78, 5) is 25.1. The minimum atomic E-state index is -0.624. The second-order valence-electron chi connectivity index (χ2n) is 7.38. The van der Waals surface area contributed by atoms with E-state index < -0.39 is 5.41 Å². The molecule has 2 aromatic carbocycles. The molecule has 0 spiro atoms. The summed E-state index contributed by atoms with van der Waals surface area (Å²) < 4.78 is 5.60. The molecule has 0 aliphatic carbocycles. The molecule has 2 aromatic rings. The molecule has 4 nitrogen and oxygen atoms in total. The maximum Gasteiger partial charge on any atom is 0.316 e. The van der Waals surface area contributed by atoms with Crippen molar-refractivity contribution >= 4 is 11.8 Å². The van der Waals surface area contributed by atoms with Crippen LogP contribution in [-0.4, -0.2) is 23.5 Å². The van der Waals surface area contributed by atoms with Crippen LogP contribution in [0, 0.1) is 12.3 Å². The summed E-state index contributed by atoms with van der Waals surface area (Å²) in [6.45, 7) is 7.27. The van der Waals surface area contributed by atoms with Gasteiger partial charge < -0.3 is 9.84 Å². The van der Waals surface area contributed by atoms with E-state index in [1.54, 1.807) is 45.0 Å². The highest BCUT2D eigenvalue weighted by atomic mass is 16.5. The molecule has 0 heterocycles. The Balaban J connectivity index is 2.44. The first-order chi connectivity index (χ1) is 12.3. The van der Waals surface area contributed by atoms with Gasteiger partial charge in [0.15, 0.2) is 5.78 Å². The lowest BCUT2D eigenvalue weighted by Gasteiger charge is -2.20. The summed E-state index contributed by atoms with van der Waals surface area (Å²) >= 11 is 0. The topological polar surface area (TPSA) is 63.6 Å². The van der Waals surface area contributed by atoms with Crippen LogP contribution in [0.25, 0.3) is 0 Å². The fourth-order valence-corrected chi connectivity index (χ4v) is 2.64. The van der Waals surface area contributed by atoms with E-state index in [0.29, 0.717) is 29.7 Å². The number of hydrogen-bond acceptors (Lipinski definition) is 4. The lowest BCUT2D eigenvalue weighted by Crippen LogP contribution is -2.26. The van der Waals surface area contributed by atoms with E-state index >= 15 is 0 Å². The molecule has 0 amide bonds. The Morgan fingerprint density at radius 1 is 1.04 bits per heavy atom. The molecular formula is C22H26O4. The van der Waals surface area contributed by atoms with Gasteiger partial charge in [0.05, 0.1) is 5.41 Å². The monoisotopic (exact) mass is 354 g/mol. The molecule has 0 aromatic heterocycles. The number of ether oxygens (including phenoxy) is 1. The van der Waals surface area contributed by atoms with Crippen LogP contribution in [-0.2, 0) is 11.2 Å². The molecule has 0 unspecified atom stereocenters. The second kappa shape index (κ2) is 8.28. The van der Waals surface area contributed by atoms with Crippen LogP contribution in [0.2, 0.25) is 0 Å². The Hall–Kier alpha value is -2.46. The van der Waals surface area contributed by atoms with Crippen LogP contribution < -0.4 is 4.74 Å². The number of esters is 1. The van der Waals surface area contributed by atoms with E-state index in [0.717, 1.165) is 11.1 Å². The van der Waals surface area contributed by atoms with E-state index in [1.807, 2.05) is 25.1 Å². The average Bonchev–Trinajstić information content (AvgIpc) is 2.61. The van der Waals surface area contributed by atoms with Crippen LogP contribution in [0.1, 0.15) is 54.2 Å². The average molecular weight is 354 g/mol. The Bertz CT molecular complexity index is 786. The number of carbonyl (C=O) groups is 2. The van der Waals surface area contributed by atoms with Crippen LogP contribution in [0.4, 0.5) is 0 Å². The predicted molar refractivity (Wildman–Crippen MR) is 102 cm³/mol. The molecule has 0 saturated carbocycles. The summed E-state index contributed by atoms with van der Waals surface area (Å²) in [7, 11) is 0. The highest BCUT2D eigenvalue weighted by Crippen LogP contribution is 2.30. The van der Waals surface area contributed by atoms with Crippen molar-refractivity contribution in [3.05, 3.63) is 64.7 Å². The Morgan fingerprint density at radius 2 is 1.69 bits per heavy atom. The van der Waals surface area contributed by atoms with Crippen molar-refractivity contribution in [3.8, 4) is 5.75 Å². The van der Waals surface area contributed by atoms with Gasteiger partial charge in [0.1, 0.15) is 5.75 Å². The van der Waals surface area contributed by atoms with E-state index in [1.165, 1.54) is 0 Å². The van der Waals surface area contributed by atoms with Gasteiger partial charge in [-0.2, -0.15) is 0 Å². The molecule has 0 radical (unpaired) electrons. The number of benzene rings is 2. The fraction of sp³-hybridized carbons (Fsp3) is 0.364. The molecule has 0 fully saturated rings. The third-order valence-corrected chi connectivity index (χ3v) is 4.24. The molecule has 2 rings (SSSR count). The number of carbonyl (C=O) groups excluding carboxylic acids is 2. The first-order valence-electron chi connectivity index (χ1n) is 8.81. The van der Waals surface area contributed by atoms with Crippen molar-refractivity contribution in [1.82, 2.24) is 0 Å². The number of ketones is 1. The van der Waals surface area contributed by atoms with Crippen molar-refractivity contribution in [2.24, 2.45) is 5.41 Å². The Labute approximate surface area is 154 Å². The molecule has 0 aliphatic rings. The summed E-state index contributed by atoms with van der Waals surface area (Å²) in [5, 5.41) is 9.20. The Kier molecular flexibility index (Phi) is 6.32. The number of rotatable bonds is 6. The molecule has 0 aliphatic heterocycles. The molecule has 1 N–H and O–H groups in total. The molecule has 0 bridgehead atoms. The number of hydrogen-bond donors (Lipinski definition) is 1. The summed E-state index contributed by atoms with van der Waals surface area (Å²) in [6, 6.07) is 12.5. The van der Waals surface area contributed by atoms with Gasteiger partial charge in [-0.3, -0.25) is 9.59 Å². The van der Waals surface area contributed by atoms with Gasteiger partial charge in [-0.15, -0.1) is 0 Å². The predicted octanol–water partition coefficient (Wildman–Crippen LogP) is 4.10. The molecule has 138 valence electrons. The third kappa shape index (κ3) is 4.58. The van der Waals surface area contributed by atoms with E-state index in [9.17, 15) is 14.7 Å². The second-order valence-corrected chi connectivity index (χ2v) is 7.38. The maximum atomic E-state index is 12.8. The lowest BCUT2D eigenvalue weighted by molar-refractivity contribution is -0.143. The smallest absolute Gasteiger partial charge is 0.316 e. The highest BCUT2D eigenvalue weighted by molar-refractivity contribution is 6.10. The molecule has 0 saturated heterocycles. The molecule has 4 heteroatoms. The van der Waals surface area contributed by atoms with Crippen molar-refractivity contribution in [2.45, 2.75) is 40.5 Å². The normalized spacial score (nSPS) is 11.3.